The Bertz CT molecular complexity index is 923. The fourth-order valence-electron chi connectivity index (χ4n) is 2.93. The highest BCUT2D eigenvalue weighted by molar-refractivity contribution is 7.89. The predicted octanol–water partition coefficient (Wildman–Crippen LogP) is 3.78. The van der Waals surface area contributed by atoms with E-state index in [-0.39, 0.29) is 16.6 Å². The average molecular weight is 409 g/mol. The molecule has 8 heteroatoms. The van der Waals surface area contributed by atoms with Crippen LogP contribution in [0.2, 0.25) is 5.02 Å². The smallest absolute Gasteiger partial charge is 0.255 e. The Morgan fingerprint density at radius 3 is 2.44 bits per heavy atom. The SMILES string of the molecule is CCOc1ccc(NC(=O)c2ccc(Cl)cc2)cc1S(=O)(=O)N1CCCC1. The second-order valence-corrected chi connectivity index (χ2v) is 8.51. The van der Waals surface area contributed by atoms with Crippen LogP contribution in [0.25, 0.3) is 0 Å². The van der Waals surface area contributed by atoms with E-state index in [9.17, 15) is 13.2 Å². The van der Waals surface area contributed by atoms with Gasteiger partial charge in [-0.3, -0.25) is 4.79 Å². The van der Waals surface area contributed by atoms with E-state index < -0.39 is 10.0 Å². The average Bonchev–Trinajstić information content (AvgIpc) is 3.19. The Labute approximate surface area is 164 Å². The van der Waals surface area contributed by atoms with Gasteiger partial charge in [-0.05, 0) is 62.2 Å². The van der Waals surface area contributed by atoms with Gasteiger partial charge in [-0.15, -0.1) is 0 Å². The monoisotopic (exact) mass is 408 g/mol. The number of nitrogens with one attached hydrogen (secondary N) is 1. The number of hydrogen-bond donors (Lipinski definition) is 1. The van der Waals surface area contributed by atoms with E-state index in [0.717, 1.165) is 12.8 Å². The first kappa shape index (κ1) is 19.7. The van der Waals surface area contributed by atoms with Crippen molar-refractivity contribution >= 4 is 33.2 Å². The van der Waals surface area contributed by atoms with Crippen LogP contribution in [0, 0.1) is 0 Å². The molecule has 0 spiro atoms. The second-order valence-electron chi connectivity index (χ2n) is 6.17. The third-order valence-corrected chi connectivity index (χ3v) is 6.46. The minimum Gasteiger partial charge on any atom is -0.492 e. The Kier molecular flexibility index (Phi) is 6.04. The van der Waals surface area contributed by atoms with Crippen LogP contribution in [0.15, 0.2) is 47.4 Å². The van der Waals surface area contributed by atoms with Crippen LogP contribution in [0.5, 0.6) is 5.75 Å². The maximum absolute atomic E-state index is 13.0. The zero-order chi connectivity index (χ0) is 19.4. The standard InChI is InChI=1S/C19H21ClN2O4S/c1-2-26-17-10-9-16(21-19(23)14-5-7-15(20)8-6-14)13-18(17)27(24,25)22-11-3-4-12-22/h5-10,13H,2-4,11-12H2,1H3,(H,21,23). The summed E-state index contributed by atoms with van der Waals surface area (Å²) in [5.74, 6) is -0.0609. The number of amides is 1. The number of rotatable bonds is 6. The molecule has 1 aliphatic rings. The van der Waals surface area contributed by atoms with Crippen molar-refractivity contribution in [1.29, 1.82) is 0 Å². The molecule has 0 saturated carbocycles. The number of hydrogen-bond acceptors (Lipinski definition) is 4. The van der Waals surface area contributed by atoms with Crippen molar-refractivity contribution in [2.75, 3.05) is 25.0 Å². The van der Waals surface area contributed by atoms with E-state index in [1.54, 1.807) is 43.3 Å². The predicted molar refractivity (Wildman–Crippen MR) is 105 cm³/mol. The molecule has 2 aromatic rings. The van der Waals surface area contributed by atoms with Crippen LogP contribution in [0.4, 0.5) is 5.69 Å². The van der Waals surface area contributed by atoms with E-state index in [4.69, 9.17) is 16.3 Å². The molecular formula is C19H21ClN2O4S. The summed E-state index contributed by atoms with van der Waals surface area (Å²) in [5, 5.41) is 3.26. The summed E-state index contributed by atoms with van der Waals surface area (Å²) >= 11 is 5.84. The van der Waals surface area contributed by atoms with Crippen LogP contribution in [0.1, 0.15) is 30.1 Å². The minimum absolute atomic E-state index is 0.0696. The first-order valence-electron chi connectivity index (χ1n) is 8.75. The Morgan fingerprint density at radius 1 is 1.15 bits per heavy atom. The largest absolute Gasteiger partial charge is 0.492 e. The summed E-state index contributed by atoms with van der Waals surface area (Å²) < 4.78 is 32.9. The summed E-state index contributed by atoms with van der Waals surface area (Å²) in [6.07, 6.45) is 1.69. The first-order valence-corrected chi connectivity index (χ1v) is 10.6. The van der Waals surface area contributed by atoms with Gasteiger partial charge in [0.1, 0.15) is 10.6 Å². The van der Waals surface area contributed by atoms with E-state index >= 15 is 0 Å². The summed E-state index contributed by atoms with van der Waals surface area (Å²) in [7, 11) is -3.68. The van der Waals surface area contributed by atoms with Gasteiger partial charge in [0.05, 0.1) is 6.61 Å². The van der Waals surface area contributed by atoms with Crippen molar-refractivity contribution in [2.45, 2.75) is 24.7 Å². The molecule has 0 aliphatic carbocycles. The van der Waals surface area contributed by atoms with Crippen molar-refractivity contribution in [2.24, 2.45) is 0 Å². The highest BCUT2D eigenvalue weighted by Crippen LogP contribution is 2.31. The number of sulfonamides is 1. The highest BCUT2D eigenvalue weighted by Gasteiger charge is 2.30. The van der Waals surface area contributed by atoms with Crippen molar-refractivity contribution in [3.8, 4) is 5.75 Å². The molecule has 2 aromatic carbocycles. The van der Waals surface area contributed by atoms with Gasteiger partial charge in [0.15, 0.2) is 0 Å². The molecule has 1 saturated heterocycles. The molecule has 1 fully saturated rings. The molecule has 1 heterocycles. The van der Waals surface area contributed by atoms with E-state index in [0.29, 0.717) is 36.0 Å². The van der Waals surface area contributed by atoms with Gasteiger partial charge >= 0.3 is 0 Å². The summed E-state index contributed by atoms with van der Waals surface area (Å²) in [6.45, 7) is 3.13. The lowest BCUT2D eigenvalue weighted by atomic mass is 10.2. The lowest BCUT2D eigenvalue weighted by Gasteiger charge is -2.19. The minimum atomic E-state index is -3.68. The molecule has 6 nitrogen and oxygen atoms in total. The molecule has 27 heavy (non-hydrogen) atoms. The van der Waals surface area contributed by atoms with Crippen molar-refractivity contribution in [3.05, 3.63) is 53.1 Å². The fourth-order valence-corrected chi connectivity index (χ4v) is 4.73. The highest BCUT2D eigenvalue weighted by atomic mass is 35.5. The van der Waals surface area contributed by atoms with Crippen molar-refractivity contribution < 1.29 is 17.9 Å². The second kappa shape index (κ2) is 8.29. The van der Waals surface area contributed by atoms with Gasteiger partial charge in [-0.1, -0.05) is 11.6 Å². The molecule has 0 aromatic heterocycles. The number of anilines is 1. The molecule has 0 unspecified atom stereocenters. The summed E-state index contributed by atoms with van der Waals surface area (Å²) in [4.78, 5) is 12.5. The number of carbonyl (C=O) groups excluding carboxylic acids is 1. The summed E-state index contributed by atoms with van der Waals surface area (Å²) in [5.41, 5.74) is 0.813. The Morgan fingerprint density at radius 2 is 1.81 bits per heavy atom. The van der Waals surface area contributed by atoms with Crippen LogP contribution in [-0.4, -0.2) is 38.3 Å². The van der Waals surface area contributed by atoms with Gasteiger partial charge in [0, 0.05) is 29.4 Å². The number of benzene rings is 2. The van der Waals surface area contributed by atoms with Gasteiger partial charge in [-0.25, -0.2) is 8.42 Å². The maximum Gasteiger partial charge on any atom is 0.255 e. The molecule has 1 aliphatic heterocycles. The molecule has 0 bridgehead atoms. The lowest BCUT2D eigenvalue weighted by molar-refractivity contribution is 0.102. The first-order chi connectivity index (χ1) is 12.9. The lowest BCUT2D eigenvalue weighted by Crippen LogP contribution is -2.28. The number of halogens is 1. The third-order valence-electron chi connectivity index (χ3n) is 4.29. The topological polar surface area (TPSA) is 75.7 Å². The van der Waals surface area contributed by atoms with Crippen molar-refractivity contribution in [3.63, 3.8) is 0 Å². The number of ether oxygens (including phenoxy) is 1. The normalized spacial score (nSPS) is 14.9. The van der Waals surface area contributed by atoms with Crippen LogP contribution in [0.3, 0.4) is 0 Å². The fraction of sp³-hybridized carbons (Fsp3) is 0.316. The van der Waals surface area contributed by atoms with E-state index in [1.807, 2.05) is 0 Å². The molecule has 0 atom stereocenters. The van der Waals surface area contributed by atoms with Gasteiger partial charge in [0.2, 0.25) is 10.0 Å². The molecule has 1 N–H and O–H groups in total. The number of nitrogens with zero attached hydrogens (tertiary/aromatic N) is 1. The van der Waals surface area contributed by atoms with Crippen molar-refractivity contribution in [1.82, 2.24) is 4.31 Å². The third kappa shape index (κ3) is 4.43. The molecule has 144 valence electrons. The maximum atomic E-state index is 13.0. The van der Waals surface area contributed by atoms with Crippen LogP contribution >= 0.6 is 11.6 Å². The Balaban J connectivity index is 1.91. The van der Waals surface area contributed by atoms with Gasteiger partial charge < -0.3 is 10.1 Å². The van der Waals surface area contributed by atoms with Crippen LogP contribution in [-0.2, 0) is 10.0 Å². The quantitative estimate of drug-likeness (QED) is 0.789. The zero-order valence-electron chi connectivity index (χ0n) is 14.9. The van der Waals surface area contributed by atoms with E-state index in [1.165, 1.54) is 10.4 Å². The Hall–Kier alpha value is -2.09. The van der Waals surface area contributed by atoms with Gasteiger partial charge in [0.25, 0.3) is 5.91 Å². The van der Waals surface area contributed by atoms with Gasteiger partial charge in [-0.2, -0.15) is 4.31 Å². The molecule has 0 radical (unpaired) electrons. The molecule has 1 amide bonds. The number of carbonyl (C=O) groups is 1. The summed E-state index contributed by atoms with van der Waals surface area (Å²) in [6, 6.07) is 11.1. The van der Waals surface area contributed by atoms with E-state index in [2.05, 4.69) is 5.32 Å². The molecular weight excluding hydrogens is 388 g/mol. The molecule has 3 rings (SSSR count). The van der Waals surface area contributed by atoms with Crippen LogP contribution < -0.4 is 10.1 Å². The zero-order valence-corrected chi connectivity index (χ0v) is 16.5.